The monoisotopic (exact) mass is 320 g/mol. The van der Waals surface area contributed by atoms with Crippen molar-refractivity contribution in [3.05, 3.63) is 33.6 Å². The van der Waals surface area contributed by atoms with Crippen molar-refractivity contribution < 1.29 is 18.0 Å². The van der Waals surface area contributed by atoms with Gasteiger partial charge in [0.2, 0.25) is 5.78 Å². The van der Waals surface area contributed by atoms with Crippen LogP contribution in [0.2, 0.25) is 10.0 Å². The van der Waals surface area contributed by atoms with Gasteiger partial charge in [0.1, 0.15) is 5.82 Å². The first kappa shape index (κ1) is 12.8. The van der Waals surface area contributed by atoms with Gasteiger partial charge < -0.3 is 0 Å². The summed E-state index contributed by atoms with van der Waals surface area (Å²) in [5.74, 6) is -2.67. The highest BCUT2D eigenvalue weighted by molar-refractivity contribution is 9.10. The van der Waals surface area contributed by atoms with Gasteiger partial charge in [-0.05, 0) is 28.1 Å². The largest absolute Gasteiger partial charge is 0.363 e. The number of carbonyl (C=O) groups excluding carboxylic acids is 1. The van der Waals surface area contributed by atoms with Gasteiger partial charge in [0.15, 0.2) is 0 Å². The zero-order chi connectivity index (χ0) is 11.8. The standard InChI is InChI=1S/C8H2BrCl2F3O/c9-8(13,14)7(15)4-1-3(10)2-5(12)6(4)11/h1-2H. The first-order valence-electron chi connectivity index (χ1n) is 3.49. The molecule has 0 aliphatic rings. The van der Waals surface area contributed by atoms with Crippen molar-refractivity contribution in [1.82, 2.24) is 0 Å². The molecule has 1 aromatic rings. The first-order valence-corrected chi connectivity index (χ1v) is 5.04. The van der Waals surface area contributed by atoms with E-state index in [1.54, 1.807) is 0 Å². The van der Waals surface area contributed by atoms with Crippen LogP contribution < -0.4 is 0 Å². The zero-order valence-corrected chi connectivity index (χ0v) is 9.93. The van der Waals surface area contributed by atoms with E-state index in [1.165, 1.54) is 0 Å². The normalized spacial score (nSPS) is 11.6. The second kappa shape index (κ2) is 4.31. The lowest BCUT2D eigenvalue weighted by Gasteiger charge is -2.09. The third kappa shape index (κ3) is 2.86. The van der Waals surface area contributed by atoms with Crippen LogP contribution in [0.15, 0.2) is 12.1 Å². The number of ketones is 1. The Balaban J connectivity index is 3.32. The molecule has 15 heavy (non-hydrogen) atoms. The van der Waals surface area contributed by atoms with Gasteiger partial charge in [-0.2, -0.15) is 8.78 Å². The summed E-state index contributed by atoms with van der Waals surface area (Å²) in [5.41, 5.74) is -0.663. The van der Waals surface area contributed by atoms with Crippen LogP contribution in [-0.4, -0.2) is 10.6 Å². The number of carbonyl (C=O) groups is 1. The molecule has 0 spiro atoms. The zero-order valence-electron chi connectivity index (χ0n) is 6.83. The minimum atomic E-state index is -3.80. The molecule has 1 nitrogen and oxygen atoms in total. The van der Waals surface area contributed by atoms with Crippen LogP contribution in [0.1, 0.15) is 10.4 Å². The molecule has 0 aromatic heterocycles. The Morgan fingerprint density at radius 1 is 1.33 bits per heavy atom. The third-order valence-electron chi connectivity index (χ3n) is 1.50. The number of hydrogen-bond acceptors (Lipinski definition) is 1. The SMILES string of the molecule is O=C(c1cc(Cl)cc(F)c1Cl)C(F)(F)Br. The van der Waals surface area contributed by atoms with Crippen LogP contribution >= 0.6 is 39.1 Å². The molecule has 0 fully saturated rings. The predicted octanol–water partition coefficient (Wildman–Crippen LogP) is 4.30. The molecule has 0 heterocycles. The van der Waals surface area contributed by atoms with Gasteiger partial charge in [0, 0.05) is 10.6 Å². The summed E-state index contributed by atoms with van der Waals surface area (Å²) in [6.07, 6.45) is 0. The van der Waals surface area contributed by atoms with Gasteiger partial charge in [0.05, 0.1) is 5.02 Å². The second-order valence-electron chi connectivity index (χ2n) is 2.58. The maximum absolute atomic E-state index is 13.0. The number of rotatable bonds is 2. The number of Topliss-reactive ketones (excluding diaryl/α,β-unsaturated/α-hetero) is 1. The Bertz CT molecular complexity index is 417. The highest BCUT2D eigenvalue weighted by atomic mass is 79.9. The van der Waals surface area contributed by atoms with Crippen molar-refractivity contribution in [2.75, 3.05) is 0 Å². The fraction of sp³-hybridized carbons (Fsp3) is 0.125. The van der Waals surface area contributed by atoms with Crippen LogP contribution in [-0.2, 0) is 0 Å². The third-order valence-corrected chi connectivity index (χ3v) is 2.46. The quantitative estimate of drug-likeness (QED) is 0.451. The summed E-state index contributed by atoms with van der Waals surface area (Å²) in [4.78, 5) is 7.29. The number of alkyl halides is 3. The van der Waals surface area contributed by atoms with Crippen LogP contribution in [0.3, 0.4) is 0 Å². The van der Waals surface area contributed by atoms with Gasteiger partial charge >= 0.3 is 4.83 Å². The Morgan fingerprint density at radius 2 is 1.87 bits per heavy atom. The molecule has 0 saturated carbocycles. The number of halogens is 6. The van der Waals surface area contributed by atoms with E-state index in [-0.39, 0.29) is 5.02 Å². The van der Waals surface area contributed by atoms with E-state index in [9.17, 15) is 18.0 Å². The second-order valence-corrected chi connectivity index (χ2v) is 4.39. The van der Waals surface area contributed by atoms with Gasteiger partial charge in [-0.15, -0.1) is 0 Å². The van der Waals surface area contributed by atoms with Gasteiger partial charge in [-0.3, -0.25) is 4.79 Å². The average molecular weight is 322 g/mol. The van der Waals surface area contributed by atoms with Crippen molar-refractivity contribution in [1.29, 1.82) is 0 Å². The molecule has 0 aliphatic heterocycles. The summed E-state index contributed by atoms with van der Waals surface area (Å²) in [7, 11) is 0. The van der Waals surface area contributed by atoms with Gasteiger partial charge in [0.25, 0.3) is 0 Å². The molecule has 0 N–H and O–H groups in total. The fourth-order valence-corrected chi connectivity index (χ4v) is 1.49. The van der Waals surface area contributed by atoms with Gasteiger partial charge in [-0.25, -0.2) is 4.39 Å². The molecule has 1 aromatic carbocycles. The minimum absolute atomic E-state index is 0.183. The summed E-state index contributed by atoms with van der Waals surface area (Å²) in [5, 5.41) is -0.861. The summed E-state index contributed by atoms with van der Waals surface area (Å²) in [6, 6.07) is 1.71. The lowest BCUT2D eigenvalue weighted by molar-refractivity contribution is 0.0592. The summed E-state index contributed by atoms with van der Waals surface area (Å²) >= 11 is 12.6. The van der Waals surface area contributed by atoms with Crippen molar-refractivity contribution in [2.24, 2.45) is 0 Å². The molecule has 7 heteroatoms. The van der Waals surface area contributed by atoms with Crippen LogP contribution in [0.5, 0.6) is 0 Å². The topological polar surface area (TPSA) is 17.1 Å². The molecule has 0 unspecified atom stereocenters. The highest BCUT2D eigenvalue weighted by Crippen LogP contribution is 2.32. The Hall–Kier alpha value is -0.260. The fourth-order valence-electron chi connectivity index (χ4n) is 0.874. The Labute approximate surface area is 101 Å². The average Bonchev–Trinajstić information content (AvgIpc) is 2.08. The lowest BCUT2D eigenvalue weighted by Crippen LogP contribution is -2.21. The highest BCUT2D eigenvalue weighted by Gasteiger charge is 2.37. The van der Waals surface area contributed by atoms with E-state index in [2.05, 4.69) is 0 Å². The molecular weight excluding hydrogens is 320 g/mol. The van der Waals surface area contributed by atoms with E-state index in [4.69, 9.17) is 23.2 Å². The molecule has 0 saturated heterocycles. The molecule has 1 rings (SSSR count). The molecule has 0 atom stereocenters. The van der Waals surface area contributed by atoms with Crippen molar-refractivity contribution >= 4 is 44.9 Å². The molecule has 0 aliphatic carbocycles. The van der Waals surface area contributed by atoms with Crippen molar-refractivity contribution in [2.45, 2.75) is 4.83 Å². The van der Waals surface area contributed by atoms with E-state index in [1.807, 2.05) is 15.9 Å². The molecule has 0 bridgehead atoms. The van der Waals surface area contributed by atoms with E-state index < -0.39 is 27.0 Å². The Kier molecular flexibility index (Phi) is 3.68. The van der Waals surface area contributed by atoms with E-state index in [0.29, 0.717) is 0 Å². The molecular formula is C8H2BrCl2F3O. The van der Waals surface area contributed by atoms with Gasteiger partial charge in [-0.1, -0.05) is 23.2 Å². The Morgan fingerprint density at radius 3 is 2.33 bits per heavy atom. The minimum Gasteiger partial charge on any atom is -0.286 e. The van der Waals surface area contributed by atoms with Crippen LogP contribution in [0.4, 0.5) is 13.2 Å². The first-order chi connectivity index (χ1) is 6.73. The number of benzene rings is 1. The maximum Gasteiger partial charge on any atom is 0.363 e. The maximum atomic E-state index is 13.0. The molecule has 0 amide bonds. The summed E-state index contributed by atoms with van der Waals surface area (Å²) in [6.45, 7) is 0. The molecule has 82 valence electrons. The summed E-state index contributed by atoms with van der Waals surface area (Å²) < 4.78 is 38.1. The lowest BCUT2D eigenvalue weighted by atomic mass is 10.1. The van der Waals surface area contributed by atoms with E-state index >= 15 is 0 Å². The van der Waals surface area contributed by atoms with E-state index in [0.717, 1.165) is 12.1 Å². The van der Waals surface area contributed by atoms with Crippen molar-refractivity contribution in [3.8, 4) is 0 Å². The molecule has 0 radical (unpaired) electrons. The number of hydrogen-bond donors (Lipinski definition) is 0. The smallest absolute Gasteiger partial charge is 0.286 e. The van der Waals surface area contributed by atoms with Crippen molar-refractivity contribution in [3.63, 3.8) is 0 Å². The van der Waals surface area contributed by atoms with Crippen LogP contribution in [0.25, 0.3) is 0 Å². The predicted molar refractivity (Wildman–Crippen MR) is 54.6 cm³/mol. The van der Waals surface area contributed by atoms with Crippen LogP contribution in [0, 0.1) is 5.82 Å².